The number of carbonyl (C=O) groups excluding carboxylic acids is 2. The van der Waals surface area contributed by atoms with Gasteiger partial charge in [0.15, 0.2) is 5.78 Å². The number of hydrogen-bond acceptors (Lipinski definition) is 5. The molecule has 0 bridgehead atoms. The third-order valence-electron chi connectivity index (χ3n) is 3.60. The molecule has 1 aromatic heterocycles. The Morgan fingerprint density at radius 1 is 1.07 bits per heavy atom. The topological polar surface area (TPSA) is 73.1 Å². The van der Waals surface area contributed by atoms with Crippen molar-refractivity contribution in [1.82, 2.24) is 10.1 Å². The van der Waals surface area contributed by atoms with E-state index in [1.54, 1.807) is 20.8 Å². The van der Waals surface area contributed by atoms with Crippen molar-refractivity contribution < 1.29 is 36.1 Å². The molecule has 146 valence electrons. The zero-order valence-corrected chi connectivity index (χ0v) is 14.6. The molecule has 0 saturated heterocycles. The molecular formula is C17H15F5N2O3. The van der Waals surface area contributed by atoms with Gasteiger partial charge in [-0.15, -0.1) is 0 Å². The van der Waals surface area contributed by atoms with Crippen molar-refractivity contribution in [3.05, 3.63) is 35.2 Å². The number of nitrogens with zero attached hydrogens (tertiary/aromatic N) is 2. The maximum Gasteiger partial charge on any atom is 0.471 e. The van der Waals surface area contributed by atoms with Gasteiger partial charge in [0.1, 0.15) is 11.6 Å². The van der Waals surface area contributed by atoms with Gasteiger partial charge in [-0.3, -0.25) is 9.59 Å². The average Bonchev–Trinajstić information content (AvgIpc) is 3.02. The lowest BCUT2D eigenvalue weighted by Gasteiger charge is -2.15. The molecule has 2 aromatic rings. The van der Waals surface area contributed by atoms with Crippen LogP contribution < -0.4 is 0 Å². The van der Waals surface area contributed by atoms with E-state index < -0.39 is 58.5 Å². The van der Waals surface area contributed by atoms with Gasteiger partial charge in [0.25, 0.3) is 0 Å². The van der Waals surface area contributed by atoms with Crippen LogP contribution in [0, 0.1) is 17.0 Å². The minimum Gasteiger partial charge on any atom is -0.329 e. The Bertz CT molecular complexity index is 858. The molecule has 0 amide bonds. The number of benzene rings is 1. The lowest BCUT2D eigenvalue weighted by atomic mass is 9.86. The predicted octanol–water partition coefficient (Wildman–Crippen LogP) is 4.15. The van der Waals surface area contributed by atoms with Gasteiger partial charge in [0.2, 0.25) is 11.6 Å². The Morgan fingerprint density at radius 3 is 2.07 bits per heavy atom. The van der Waals surface area contributed by atoms with Crippen LogP contribution in [0.25, 0.3) is 11.4 Å². The lowest BCUT2D eigenvalue weighted by molar-refractivity contribution is -0.159. The molecule has 0 spiro atoms. The van der Waals surface area contributed by atoms with E-state index in [4.69, 9.17) is 0 Å². The predicted molar refractivity (Wildman–Crippen MR) is 82.4 cm³/mol. The molecule has 0 aliphatic rings. The summed E-state index contributed by atoms with van der Waals surface area (Å²) in [4.78, 5) is 26.7. The Labute approximate surface area is 150 Å². The SMILES string of the molecule is CC(C)(C)C(=O)C(=O)CCc1c(F)cc(-c2noc(C(F)(F)F)n2)cc1F. The largest absolute Gasteiger partial charge is 0.471 e. The van der Waals surface area contributed by atoms with E-state index >= 15 is 0 Å². The zero-order valence-electron chi connectivity index (χ0n) is 14.6. The van der Waals surface area contributed by atoms with Crippen LogP contribution in [0.1, 0.15) is 38.6 Å². The molecule has 0 saturated carbocycles. The summed E-state index contributed by atoms with van der Waals surface area (Å²) in [5, 5.41) is 3.05. The Kier molecular flexibility index (Phi) is 5.48. The first kappa shape index (κ1) is 20.7. The minimum atomic E-state index is -4.89. The molecule has 27 heavy (non-hydrogen) atoms. The maximum atomic E-state index is 14.2. The molecule has 0 aliphatic carbocycles. The van der Waals surface area contributed by atoms with Crippen LogP contribution in [0.3, 0.4) is 0 Å². The van der Waals surface area contributed by atoms with Gasteiger partial charge in [0, 0.05) is 23.0 Å². The van der Waals surface area contributed by atoms with Gasteiger partial charge in [-0.1, -0.05) is 25.9 Å². The fourth-order valence-electron chi connectivity index (χ4n) is 2.20. The highest BCUT2D eigenvalue weighted by molar-refractivity contribution is 6.38. The molecule has 0 atom stereocenters. The molecule has 10 heteroatoms. The first-order valence-corrected chi connectivity index (χ1v) is 7.77. The van der Waals surface area contributed by atoms with Crippen LogP contribution >= 0.6 is 0 Å². The fourth-order valence-corrected chi connectivity index (χ4v) is 2.20. The van der Waals surface area contributed by atoms with E-state index in [-0.39, 0.29) is 12.0 Å². The van der Waals surface area contributed by atoms with Crippen molar-refractivity contribution >= 4 is 11.6 Å². The highest BCUT2D eigenvalue weighted by Crippen LogP contribution is 2.30. The number of halogens is 5. The number of ketones is 2. The number of Topliss-reactive ketones (excluding diaryl/α,β-unsaturated/α-hetero) is 2. The van der Waals surface area contributed by atoms with Crippen molar-refractivity contribution in [2.75, 3.05) is 0 Å². The second kappa shape index (κ2) is 7.16. The fraction of sp³-hybridized carbons (Fsp3) is 0.412. The van der Waals surface area contributed by atoms with Crippen molar-refractivity contribution in [3.63, 3.8) is 0 Å². The molecule has 0 aliphatic heterocycles. The Balaban J connectivity index is 2.21. The van der Waals surface area contributed by atoms with Gasteiger partial charge < -0.3 is 4.52 Å². The minimum absolute atomic E-state index is 0.356. The van der Waals surface area contributed by atoms with Crippen molar-refractivity contribution in [3.8, 4) is 11.4 Å². The van der Waals surface area contributed by atoms with Crippen LogP contribution in [0.5, 0.6) is 0 Å². The van der Waals surface area contributed by atoms with Crippen LogP contribution in [0.2, 0.25) is 0 Å². The van der Waals surface area contributed by atoms with E-state index in [1.165, 1.54) is 0 Å². The number of hydrogen-bond donors (Lipinski definition) is 0. The summed E-state index contributed by atoms with van der Waals surface area (Å²) in [5.41, 5.74) is -1.73. The lowest BCUT2D eigenvalue weighted by Crippen LogP contribution is -2.28. The summed E-state index contributed by atoms with van der Waals surface area (Å²) in [6.07, 6.45) is -5.66. The van der Waals surface area contributed by atoms with E-state index in [1.807, 2.05) is 0 Å². The summed E-state index contributed by atoms with van der Waals surface area (Å²) in [6.45, 7) is 4.63. The number of carbonyl (C=O) groups is 2. The third-order valence-corrected chi connectivity index (χ3v) is 3.60. The molecule has 0 fully saturated rings. The quantitative estimate of drug-likeness (QED) is 0.567. The summed E-state index contributed by atoms with van der Waals surface area (Å²) in [7, 11) is 0. The third kappa shape index (κ3) is 4.75. The van der Waals surface area contributed by atoms with Gasteiger partial charge in [0.05, 0.1) is 0 Å². The normalized spacial score (nSPS) is 12.3. The molecule has 1 aromatic carbocycles. The van der Waals surface area contributed by atoms with Crippen molar-refractivity contribution in [2.24, 2.45) is 5.41 Å². The van der Waals surface area contributed by atoms with E-state index in [0.717, 1.165) is 12.1 Å². The first-order chi connectivity index (χ1) is 12.3. The van der Waals surface area contributed by atoms with Gasteiger partial charge in [-0.25, -0.2) is 8.78 Å². The first-order valence-electron chi connectivity index (χ1n) is 7.77. The second-order valence-electron chi connectivity index (χ2n) is 6.84. The highest BCUT2D eigenvalue weighted by atomic mass is 19.4. The Hall–Kier alpha value is -2.65. The molecule has 5 nitrogen and oxygen atoms in total. The monoisotopic (exact) mass is 390 g/mol. The summed E-state index contributed by atoms with van der Waals surface area (Å²) in [6, 6.07) is 1.47. The van der Waals surface area contributed by atoms with Gasteiger partial charge in [-0.05, 0) is 18.6 Å². The van der Waals surface area contributed by atoms with Crippen LogP contribution in [0.4, 0.5) is 22.0 Å². The van der Waals surface area contributed by atoms with Crippen molar-refractivity contribution in [1.29, 1.82) is 0 Å². The Morgan fingerprint density at radius 2 is 1.63 bits per heavy atom. The zero-order chi connectivity index (χ0) is 20.6. The van der Waals surface area contributed by atoms with E-state index in [2.05, 4.69) is 14.7 Å². The van der Waals surface area contributed by atoms with Crippen LogP contribution in [-0.2, 0) is 22.2 Å². The van der Waals surface area contributed by atoms with E-state index in [0.29, 0.717) is 0 Å². The molecule has 2 rings (SSSR count). The number of alkyl halides is 3. The van der Waals surface area contributed by atoms with Crippen LogP contribution in [-0.4, -0.2) is 21.7 Å². The summed E-state index contributed by atoms with van der Waals surface area (Å²) < 4.78 is 69.8. The summed E-state index contributed by atoms with van der Waals surface area (Å²) >= 11 is 0. The average molecular weight is 390 g/mol. The number of rotatable bonds is 5. The highest BCUT2D eigenvalue weighted by Gasteiger charge is 2.38. The molecule has 1 heterocycles. The molecule has 0 N–H and O–H groups in total. The maximum absolute atomic E-state index is 14.2. The second-order valence-corrected chi connectivity index (χ2v) is 6.84. The molecule has 0 radical (unpaired) electrons. The standard InChI is InChI=1S/C17H15F5N2O3/c1-16(2,3)13(26)12(25)5-4-9-10(18)6-8(7-11(9)19)14-23-15(27-24-14)17(20,21)22/h6-7H,4-5H2,1-3H3. The van der Waals surface area contributed by atoms with Crippen molar-refractivity contribution in [2.45, 2.75) is 39.8 Å². The number of aromatic nitrogens is 2. The summed E-state index contributed by atoms with van der Waals surface area (Å²) in [5.74, 6) is -5.90. The molecular weight excluding hydrogens is 375 g/mol. The molecule has 0 unspecified atom stereocenters. The van der Waals surface area contributed by atoms with Crippen LogP contribution in [0.15, 0.2) is 16.7 Å². The smallest absolute Gasteiger partial charge is 0.329 e. The van der Waals surface area contributed by atoms with E-state index in [9.17, 15) is 31.5 Å². The van der Waals surface area contributed by atoms with Gasteiger partial charge >= 0.3 is 12.1 Å². The van der Waals surface area contributed by atoms with Gasteiger partial charge in [-0.2, -0.15) is 18.2 Å².